The zero-order chi connectivity index (χ0) is 14.3. The molecule has 0 aromatic rings. The van der Waals surface area contributed by atoms with Gasteiger partial charge in [-0.15, -0.1) is 0 Å². The van der Waals surface area contributed by atoms with Crippen LogP contribution >= 0.6 is 0 Å². The fraction of sp³-hybridized carbons (Fsp3) is 0.929. The molecule has 0 aliphatic heterocycles. The summed E-state index contributed by atoms with van der Waals surface area (Å²) in [5.74, 6) is 0.407. The maximum absolute atomic E-state index is 11.8. The van der Waals surface area contributed by atoms with Gasteiger partial charge in [0.25, 0.3) is 0 Å². The van der Waals surface area contributed by atoms with E-state index in [0.717, 1.165) is 29.5 Å². The normalized spacial score (nSPS) is 14.2. The van der Waals surface area contributed by atoms with Crippen LogP contribution in [0.5, 0.6) is 0 Å². The van der Waals surface area contributed by atoms with Crippen LogP contribution in [0.4, 0.5) is 0 Å². The monoisotopic (exact) mass is 274 g/mol. The molecule has 0 aliphatic rings. The Morgan fingerprint density at radius 2 is 1.72 bits per heavy atom. The Kier molecular flexibility index (Phi) is 7.79. The van der Waals surface area contributed by atoms with Gasteiger partial charge in [0.2, 0.25) is 0 Å². The molecule has 0 saturated heterocycles. The van der Waals surface area contributed by atoms with Crippen LogP contribution in [0, 0.1) is 11.8 Å². The lowest BCUT2D eigenvalue weighted by Gasteiger charge is -2.35. The van der Waals surface area contributed by atoms with Gasteiger partial charge in [-0.3, -0.25) is 4.89 Å². The summed E-state index contributed by atoms with van der Waals surface area (Å²) >= 11 is 0. The lowest BCUT2D eigenvalue weighted by atomic mass is 9.82. The molecule has 0 radical (unpaired) electrons. The fourth-order valence-corrected chi connectivity index (χ4v) is 2.20. The van der Waals surface area contributed by atoms with Gasteiger partial charge in [-0.25, -0.2) is 4.79 Å². The lowest BCUT2D eigenvalue weighted by Crippen LogP contribution is -2.41. The van der Waals surface area contributed by atoms with E-state index in [2.05, 4.69) is 34.6 Å². The van der Waals surface area contributed by atoms with Gasteiger partial charge in [0.1, 0.15) is 5.60 Å². The molecule has 1 unspecified atom stereocenters. The van der Waals surface area contributed by atoms with Crippen LogP contribution in [0.25, 0.3) is 0 Å². The largest absolute Gasteiger partial charge is 0.341 e. The molecule has 0 aliphatic carbocycles. The summed E-state index contributed by atoms with van der Waals surface area (Å²) in [5, 5.41) is 0. The van der Waals surface area contributed by atoms with Crippen LogP contribution in [0.1, 0.15) is 60.8 Å². The molecule has 0 amide bonds. The van der Waals surface area contributed by atoms with E-state index in [0.29, 0.717) is 11.8 Å². The number of unbranched alkanes of at least 4 members (excludes halogenated alkanes) is 1. The molecule has 0 spiro atoms. The highest BCUT2D eigenvalue weighted by Crippen LogP contribution is 2.30. The lowest BCUT2D eigenvalue weighted by molar-refractivity contribution is -0.349. The second-order valence-electron chi connectivity index (χ2n) is 6.02. The standard InChI is InChI=1S/C14H30O3Si/c1-7-8-9-12(18)13(15)16-17-14(6,10(2)3)11(4)5/h10-12H,7-9H2,1-6,18H3. The van der Waals surface area contributed by atoms with Crippen molar-refractivity contribution in [3.05, 3.63) is 0 Å². The summed E-state index contributed by atoms with van der Waals surface area (Å²) < 4.78 is 0. The van der Waals surface area contributed by atoms with Gasteiger partial charge in [-0.05, 0) is 25.2 Å². The van der Waals surface area contributed by atoms with Gasteiger partial charge in [0.15, 0.2) is 0 Å². The predicted molar refractivity (Wildman–Crippen MR) is 78.5 cm³/mol. The molecular formula is C14H30O3Si. The van der Waals surface area contributed by atoms with Crippen LogP contribution in [0.3, 0.4) is 0 Å². The molecule has 18 heavy (non-hydrogen) atoms. The quantitative estimate of drug-likeness (QED) is 0.388. The van der Waals surface area contributed by atoms with E-state index in [-0.39, 0.29) is 11.5 Å². The SMILES string of the molecule is CCCCC([SiH3])C(=O)OOC(C)(C(C)C)C(C)C. The average molecular weight is 274 g/mol. The Balaban J connectivity index is 4.32. The van der Waals surface area contributed by atoms with Crippen molar-refractivity contribution in [2.45, 2.75) is 71.9 Å². The molecule has 0 heterocycles. The van der Waals surface area contributed by atoms with E-state index < -0.39 is 5.60 Å². The van der Waals surface area contributed by atoms with Gasteiger partial charge in [0, 0.05) is 15.8 Å². The summed E-state index contributed by atoms with van der Waals surface area (Å²) in [4.78, 5) is 22.4. The number of hydrogen-bond acceptors (Lipinski definition) is 3. The second kappa shape index (κ2) is 7.95. The van der Waals surface area contributed by atoms with Crippen molar-refractivity contribution in [1.29, 1.82) is 0 Å². The Labute approximate surface area is 115 Å². The maximum Gasteiger partial charge on any atom is 0.341 e. The minimum Gasteiger partial charge on any atom is -0.298 e. The predicted octanol–water partition coefficient (Wildman–Crippen LogP) is 2.88. The maximum atomic E-state index is 11.8. The van der Waals surface area contributed by atoms with E-state index in [1.807, 2.05) is 6.92 Å². The van der Waals surface area contributed by atoms with Crippen LogP contribution in [0.15, 0.2) is 0 Å². The highest BCUT2D eigenvalue weighted by molar-refractivity contribution is 6.22. The Bertz CT molecular complexity index is 243. The Morgan fingerprint density at radius 1 is 1.22 bits per heavy atom. The molecule has 0 aromatic heterocycles. The van der Waals surface area contributed by atoms with Gasteiger partial charge in [0.05, 0.1) is 0 Å². The third kappa shape index (κ3) is 5.10. The first kappa shape index (κ1) is 17.6. The first-order valence-electron chi connectivity index (χ1n) is 7.15. The molecule has 3 nitrogen and oxygen atoms in total. The van der Waals surface area contributed by atoms with E-state index in [9.17, 15) is 4.79 Å². The van der Waals surface area contributed by atoms with Crippen LogP contribution in [-0.2, 0) is 14.6 Å². The van der Waals surface area contributed by atoms with Crippen molar-refractivity contribution < 1.29 is 14.6 Å². The number of hydrogen-bond donors (Lipinski definition) is 0. The molecule has 0 rings (SSSR count). The molecule has 0 saturated carbocycles. The van der Waals surface area contributed by atoms with E-state index in [1.165, 1.54) is 0 Å². The second-order valence-corrected chi connectivity index (χ2v) is 7.42. The van der Waals surface area contributed by atoms with E-state index in [4.69, 9.17) is 9.78 Å². The number of rotatable bonds is 8. The van der Waals surface area contributed by atoms with E-state index >= 15 is 0 Å². The van der Waals surface area contributed by atoms with Crippen molar-refractivity contribution in [3.8, 4) is 0 Å². The molecule has 0 aromatic carbocycles. The van der Waals surface area contributed by atoms with Crippen molar-refractivity contribution in [3.63, 3.8) is 0 Å². The summed E-state index contributed by atoms with van der Waals surface area (Å²) in [6.45, 7) is 12.5. The highest BCUT2D eigenvalue weighted by Gasteiger charge is 2.36. The Morgan fingerprint density at radius 3 is 2.11 bits per heavy atom. The van der Waals surface area contributed by atoms with E-state index in [1.54, 1.807) is 0 Å². The Hall–Kier alpha value is -0.353. The van der Waals surface area contributed by atoms with Gasteiger partial charge < -0.3 is 0 Å². The topological polar surface area (TPSA) is 35.5 Å². The third-order valence-electron chi connectivity index (χ3n) is 3.99. The minimum absolute atomic E-state index is 0.0496. The zero-order valence-corrected chi connectivity index (χ0v) is 15.1. The molecule has 0 bridgehead atoms. The zero-order valence-electron chi connectivity index (χ0n) is 13.1. The molecule has 0 fully saturated rings. The van der Waals surface area contributed by atoms with Crippen molar-refractivity contribution in [2.24, 2.45) is 11.8 Å². The summed E-state index contributed by atoms with van der Waals surface area (Å²) in [7, 11) is 0.826. The van der Waals surface area contributed by atoms with Crippen molar-refractivity contribution >= 4 is 16.2 Å². The summed E-state index contributed by atoms with van der Waals surface area (Å²) in [6, 6.07) is 0. The summed E-state index contributed by atoms with van der Waals surface area (Å²) in [5.41, 5.74) is -0.365. The highest BCUT2D eigenvalue weighted by atomic mass is 28.1. The number of carbonyl (C=O) groups is 1. The molecule has 1 atom stereocenters. The van der Waals surface area contributed by atoms with Gasteiger partial charge >= 0.3 is 5.97 Å². The first-order chi connectivity index (χ1) is 8.25. The molecular weight excluding hydrogens is 244 g/mol. The van der Waals surface area contributed by atoms with Crippen molar-refractivity contribution in [1.82, 2.24) is 0 Å². The minimum atomic E-state index is -0.415. The van der Waals surface area contributed by atoms with Crippen molar-refractivity contribution in [2.75, 3.05) is 0 Å². The smallest absolute Gasteiger partial charge is 0.298 e. The van der Waals surface area contributed by atoms with Gasteiger partial charge in [-0.1, -0.05) is 47.5 Å². The fourth-order valence-electron chi connectivity index (χ4n) is 1.70. The van der Waals surface area contributed by atoms with Gasteiger partial charge in [-0.2, -0.15) is 4.89 Å². The number of carbonyl (C=O) groups excluding carboxylic acids is 1. The molecule has 4 heteroatoms. The van der Waals surface area contributed by atoms with Crippen LogP contribution < -0.4 is 0 Å². The third-order valence-corrected chi connectivity index (χ3v) is 5.04. The van der Waals surface area contributed by atoms with Crippen LogP contribution in [0.2, 0.25) is 5.54 Å². The van der Waals surface area contributed by atoms with Crippen LogP contribution in [-0.4, -0.2) is 21.8 Å². The molecule has 0 N–H and O–H groups in total. The average Bonchev–Trinajstić information content (AvgIpc) is 2.31. The first-order valence-corrected chi connectivity index (χ1v) is 8.30. The molecule has 108 valence electrons. The summed E-state index contributed by atoms with van der Waals surface area (Å²) in [6.07, 6.45) is 3.11.